The Labute approximate surface area is 140 Å². The monoisotopic (exact) mass is 326 g/mol. The first-order valence-corrected chi connectivity index (χ1v) is 8.56. The minimum atomic E-state index is -0.284. The van der Waals surface area contributed by atoms with Gasteiger partial charge in [0.15, 0.2) is 0 Å². The number of nitrogens with one attached hydrogen (secondary N) is 1. The van der Waals surface area contributed by atoms with Crippen molar-refractivity contribution in [3.63, 3.8) is 0 Å². The van der Waals surface area contributed by atoms with Crippen molar-refractivity contribution in [3.8, 4) is 0 Å². The molecule has 2 aromatic rings. The van der Waals surface area contributed by atoms with E-state index in [1.807, 2.05) is 24.0 Å². The molecule has 2 aromatic heterocycles. The van der Waals surface area contributed by atoms with Gasteiger partial charge in [-0.15, -0.1) is 0 Å². The Bertz CT molecular complexity index is 842. The van der Waals surface area contributed by atoms with Crippen molar-refractivity contribution in [2.75, 3.05) is 26.2 Å². The van der Waals surface area contributed by atoms with Gasteiger partial charge in [0.25, 0.3) is 11.5 Å². The van der Waals surface area contributed by atoms with Crippen molar-refractivity contribution in [2.45, 2.75) is 26.2 Å². The topological polar surface area (TPSA) is 66.7 Å². The lowest BCUT2D eigenvalue weighted by Crippen LogP contribution is -2.45. The van der Waals surface area contributed by atoms with E-state index < -0.39 is 0 Å². The van der Waals surface area contributed by atoms with E-state index in [9.17, 15) is 9.59 Å². The van der Waals surface area contributed by atoms with Gasteiger partial charge in [0, 0.05) is 32.0 Å². The summed E-state index contributed by atoms with van der Waals surface area (Å²) in [6.07, 6.45) is 6.32. The zero-order valence-corrected chi connectivity index (χ0v) is 13.9. The van der Waals surface area contributed by atoms with Gasteiger partial charge in [-0.3, -0.25) is 14.0 Å². The van der Waals surface area contributed by atoms with Gasteiger partial charge >= 0.3 is 0 Å². The van der Waals surface area contributed by atoms with E-state index in [1.165, 1.54) is 17.0 Å². The molecule has 1 amide bonds. The molecule has 0 radical (unpaired) electrons. The molecule has 2 saturated heterocycles. The van der Waals surface area contributed by atoms with Crippen LogP contribution in [0, 0.1) is 12.3 Å². The zero-order chi connectivity index (χ0) is 16.7. The summed E-state index contributed by atoms with van der Waals surface area (Å²) in [4.78, 5) is 31.5. The Morgan fingerprint density at radius 1 is 1.29 bits per heavy atom. The fourth-order valence-electron chi connectivity index (χ4n) is 3.90. The highest BCUT2D eigenvalue weighted by molar-refractivity contribution is 5.93. The highest BCUT2D eigenvalue weighted by Gasteiger charge is 2.38. The van der Waals surface area contributed by atoms with E-state index in [-0.39, 0.29) is 17.0 Å². The summed E-state index contributed by atoms with van der Waals surface area (Å²) in [7, 11) is 0. The molecule has 1 spiro atoms. The molecule has 0 aromatic carbocycles. The van der Waals surface area contributed by atoms with Crippen LogP contribution >= 0.6 is 0 Å². The lowest BCUT2D eigenvalue weighted by molar-refractivity contribution is 0.0605. The number of fused-ring (bicyclic) bond motifs is 1. The van der Waals surface area contributed by atoms with Crippen molar-refractivity contribution in [3.05, 3.63) is 46.0 Å². The van der Waals surface area contributed by atoms with Gasteiger partial charge in [-0.2, -0.15) is 0 Å². The average molecular weight is 326 g/mol. The molecule has 1 N–H and O–H groups in total. The Kier molecular flexibility index (Phi) is 3.64. The first-order valence-electron chi connectivity index (χ1n) is 8.56. The lowest BCUT2D eigenvalue weighted by atomic mass is 9.78. The number of piperidine rings is 1. The van der Waals surface area contributed by atoms with Crippen LogP contribution in [0.5, 0.6) is 0 Å². The number of aromatic nitrogens is 2. The number of nitrogens with zero attached hydrogens (tertiary/aromatic N) is 3. The van der Waals surface area contributed by atoms with Crippen LogP contribution in [0.4, 0.5) is 0 Å². The van der Waals surface area contributed by atoms with Crippen molar-refractivity contribution in [1.29, 1.82) is 0 Å². The number of aryl methyl sites for hydroxylation is 1. The third kappa shape index (κ3) is 2.51. The number of hydrogen-bond donors (Lipinski definition) is 1. The van der Waals surface area contributed by atoms with Crippen molar-refractivity contribution in [1.82, 2.24) is 19.6 Å². The molecule has 2 aliphatic heterocycles. The number of amides is 1. The van der Waals surface area contributed by atoms with Gasteiger partial charge < -0.3 is 10.2 Å². The predicted molar refractivity (Wildman–Crippen MR) is 91.3 cm³/mol. The molecule has 0 atom stereocenters. The molecule has 0 unspecified atom stereocenters. The van der Waals surface area contributed by atoms with Crippen LogP contribution in [0.1, 0.15) is 35.2 Å². The van der Waals surface area contributed by atoms with Crippen LogP contribution in [0.25, 0.3) is 5.65 Å². The third-order valence-electron chi connectivity index (χ3n) is 5.54. The largest absolute Gasteiger partial charge is 0.338 e. The summed E-state index contributed by atoms with van der Waals surface area (Å²) in [5.74, 6) is -0.191. The molecular weight excluding hydrogens is 304 g/mol. The molecule has 0 saturated carbocycles. The maximum absolute atomic E-state index is 12.8. The van der Waals surface area contributed by atoms with Gasteiger partial charge in [-0.1, -0.05) is 0 Å². The smallest absolute Gasteiger partial charge is 0.270 e. The lowest BCUT2D eigenvalue weighted by Gasteiger charge is -2.38. The van der Waals surface area contributed by atoms with Crippen LogP contribution in [0.3, 0.4) is 0 Å². The fourth-order valence-corrected chi connectivity index (χ4v) is 3.90. The second-order valence-corrected chi connectivity index (χ2v) is 7.13. The highest BCUT2D eigenvalue weighted by Crippen LogP contribution is 2.37. The van der Waals surface area contributed by atoms with Crippen LogP contribution in [0.2, 0.25) is 0 Å². The molecular formula is C18H22N4O2. The van der Waals surface area contributed by atoms with Crippen LogP contribution in [0.15, 0.2) is 29.3 Å². The predicted octanol–water partition coefficient (Wildman–Crippen LogP) is 1.22. The van der Waals surface area contributed by atoms with Crippen molar-refractivity contribution in [2.24, 2.45) is 5.41 Å². The molecule has 0 bridgehead atoms. The minimum Gasteiger partial charge on any atom is -0.338 e. The molecule has 2 fully saturated rings. The first-order chi connectivity index (χ1) is 11.6. The highest BCUT2D eigenvalue weighted by atomic mass is 16.2. The Balaban J connectivity index is 1.59. The van der Waals surface area contributed by atoms with E-state index in [0.29, 0.717) is 11.1 Å². The molecule has 2 aliphatic rings. The van der Waals surface area contributed by atoms with Crippen LogP contribution < -0.4 is 10.9 Å². The van der Waals surface area contributed by atoms with Crippen molar-refractivity contribution >= 4 is 11.6 Å². The number of hydrogen-bond acceptors (Lipinski definition) is 4. The SMILES string of the molecule is Cc1ccn2c(=O)c(C(=O)N3CCC4(CCNC4)CC3)cnc2c1. The van der Waals surface area contributed by atoms with Gasteiger partial charge in [0.05, 0.1) is 0 Å². The van der Waals surface area contributed by atoms with Crippen LogP contribution in [-0.2, 0) is 0 Å². The summed E-state index contributed by atoms with van der Waals surface area (Å²) in [5.41, 5.74) is 1.84. The standard InChI is InChI=1S/C18H22N4O2/c1-13-2-7-22-15(10-13)20-11-14(17(22)24)16(23)21-8-4-18(5-9-21)3-6-19-12-18/h2,7,10-11,19H,3-6,8-9,12H2,1H3. The Morgan fingerprint density at radius 3 is 2.79 bits per heavy atom. The van der Waals surface area contributed by atoms with E-state index in [2.05, 4.69) is 10.3 Å². The summed E-state index contributed by atoms with van der Waals surface area (Å²) in [6.45, 7) is 5.51. The van der Waals surface area contributed by atoms with Gasteiger partial charge in [-0.05, 0) is 55.8 Å². The van der Waals surface area contributed by atoms with E-state index in [4.69, 9.17) is 0 Å². The van der Waals surface area contributed by atoms with E-state index >= 15 is 0 Å². The van der Waals surface area contributed by atoms with Crippen LogP contribution in [-0.4, -0.2) is 46.4 Å². The maximum atomic E-state index is 12.8. The molecule has 24 heavy (non-hydrogen) atoms. The molecule has 6 heteroatoms. The number of rotatable bonds is 1. The van der Waals surface area contributed by atoms with Gasteiger partial charge in [0.1, 0.15) is 11.2 Å². The number of pyridine rings is 1. The zero-order valence-electron chi connectivity index (χ0n) is 13.9. The first kappa shape index (κ1) is 15.3. The summed E-state index contributed by atoms with van der Waals surface area (Å²) in [5, 5.41) is 3.43. The second-order valence-electron chi connectivity index (χ2n) is 7.13. The maximum Gasteiger partial charge on any atom is 0.270 e. The van der Waals surface area contributed by atoms with E-state index in [0.717, 1.165) is 44.6 Å². The van der Waals surface area contributed by atoms with Crippen molar-refractivity contribution < 1.29 is 4.79 Å². The Hall–Kier alpha value is -2.21. The summed E-state index contributed by atoms with van der Waals surface area (Å²) >= 11 is 0. The molecule has 4 rings (SSSR count). The quantitative estimate of drug-likeness (QED) is 0.856. The number of carbonyl (C=O) groups excluding carboxylic acids is 1. The fraction of sp³-hybridized carbons (Fsp3) is 0.500. The second kappa shape index (κ2) is 5.70. The number of carbonyl (C=O) groups is 1. The molecule has 4 heterocycles. The normalized spacial score (nSPS) is 20.0. The molecule has 6 nitrogen and oxygen atoms in total. The van der Waals surface area contributed by atoms with Gasteiger partial charge in [0.2, 0.25) is 0 Å². The average Bonchev–Trinajstić information content (AvgIpc) is 3.03. The minimum absolute atomic E-state index is 0.164. The third-order valence-corrected chi connectivity index (χ3v) is 5.54. The van der Waals surface area contributed by atoms with Gasteiger partial charge in [-0.25, -0.2) is 4.98 Å². The summed E-state index contributed by atoms with van der Waals surface area (Å²) in [6, 6.07) is 3.69. The molecule has 126 valence electrons. The van der Waals surface area contributed by atoms with E-state index in [1.54, 1.807) is 6.20 Å². The summed E-state index contributed by atoms with van der Waals surface area (Å²) < 4.78 is 1.45. The molecule has 0 aliphatic carbocycles. The number of likely N-dealkylation sites (tertiary alicyclic amines) is 1. The Morgan fingerprint density at radius 2 is 2.08 bits per heavy atom.